The van der Waals surface area contributed by atoms with Crippen LogP contribution < -0.4 is 10.0 Å². The van der Waals surface area contributed by atoms with Crippen molar-refractivity contribution in [3.05, 3.63) is 20.1 Å². The van der Waals surface area contributed by atoms with Crippen LogP contribution in [0.5, 0.6) is 0 Å². The first-order chi connectivity index (χ1) is 13.9. The van der Waals surface area contributed by atoms with Crippen molar-refractivity contribution in [1.82, 2.24) is 10.0 Å². The van der Waals surface area contributed by atoms with Crippen LogP contribution in [0.4, 0.5) is 0 Å². The summed E-state index contributed by atoms with van der Waals surface area (Å²) in [6.45, 7) is 3.26. The largest absolute Gasteiger partial charge is 0.454 e. The summed E-state index contributed by atoms with van der Waals surface area (Å²) in [5.74, 6) is -2.90. The number of rotatable bonds is 8. The zero-order chi connectivity index (χ0) is 22.7. The third-order valence-corrected chi connectivity index (χ3v) is 9.93. The molecule has 168 valence electrons. The lowest BCUT2D eigenvalue weighted by molar-refractivity contribution is -0.159. The molecule has 11 nitrogen and oxygen atoms in total. The molecule has 0 fully saturated rings. The van der Waals surface area contributed by atoms with E-state index in [0.717, 1.165) is 6.92 Å². The first kappa shape index (κ1) is 24.4. The Labute approximate surface area is 178 Å². The molecule has 0 aliphatic carbocycles. The van der Waals surface area contributed by atoms with Crippen LogP contribution in [0.3, 0.4) is 0 Å². The second-order valence-corrected chi connectivity index (χ2v) is 12.0. The molecule has 14 heteroatoms. The van der Waals surface area contributed by atoms with E-state index in [1.54, 1.807) is 18.6 Å². The Morgan fingerprint density at radius 3 is 2.50 bits per heavy atom. The van der Waals surface area contributed by atoms with Gasteiger partial charge in [-0.2, -0.15) is 0 Å². The molecule has 0 radical (unpaired) electrons. The third-order valence-electron chi connectivity index (χ3n) is 4.12. The van der Waals surface area contributed by atoms with Crippen molar-refractivity contribution in [3.63, 3.8) is 0 Å². The molecule has 1 amide bonds. The number of carbonyl (C=O) groups is 3. The maximum atomic E-state index is 12.6. The molecule has 2 atom stereocenters. The summed E-state index contributed by atoms with van der Waals surface area (Å²) in [4.78, 5) is 33.9. The summed E-state index contributed by atoms with van der Waals surface area (Å²) in [6.07, 6.45) is 1.64. The van der Waals surface area contributed by atoms with Crippen LogP contribution in [0.1, 0.15) is 27.2 Å². The molecule has 0 saturated heterocycles. The molecule has 0 saturated carbocycles. The second-order valence-electron chi connectivity index (χ2n) is 6.47. The van der Waals surface area contributed by atoms with E-state index >= 15 is 0 Å². The van der Waals surface area contributed by atoms with Gasteiger partial charge >= 0.3 is 11.9 Å². The van der Waals surface area contributed by atoms with E-state index in [1.807, 2.05) is 0 Å². The Hall–Kier alpha value is -1.90. The van der Waals surface area contributed by atoms with Gasteiger partial charge in [-0.15, -0.1) is 0 Å². The molecule has 2 N–H and O–H groups in total. The summed E-state index contributed by atoms with van der Waals surface area (Å²) < 4.78 is 60.6. The average Bonchev–Trinajstić information content (AvgIpc) is 2.88. The van der Waals surface area contributed by atoms with E-state index in [1.165, 1.54) is 6.08 Å². The minimum absolute atomic E-state index is 0.0240. The molecular formula is C16H22N2O9S3. The number of carbonyl (C=O) groups excluding carboxylic acids is 3. The van der Waals surface area contributed by atoms with E-state index < -0.39 is 62.2 Å². The van der Waals surface area contributed by atoms with Gasteiger partial charge in [-0.05, 0) is 31.5 Å². The van der Waals surface area contributed by atoms with Crippen molar-refractivity contribution in [2.75, 3.05) is 19.8 Å². The first-order valence-corrected chi connectivity index (χ1v) is 12.7. The molecule has 0 aromatic heterocycles. The minimum atomic E-state index is -4.40. The fourth-order valence-electron chi connectivity index (χ4n) is 2.73. The Balaban J connectivity index is 2.10. The van der Waals surface area contributed by atoms with Crippen LogP contribution >= 0.6 is 11.8 Å². The number of hydrogen-bond donors (Lipinski definition) is 2. The molecule has 2 aliphatic heterocycles. The van der Waals surface area contributed by atoms with Crippen molar-refractivity contribution in [1.29, 1.82) is 0 Å². The van der Waals surface area contributed by atoms with Gasteiger partial charge in [0.15, 0.2) is 23.1 Å². The summed E-state index contributed by atoms with van der Waals surface area (Å²) in [5.41, 5.74) is 0.596. The van der Waals surface area contributed by atoms with E-state index in [2.05, 4.69) is 14.8 Å². The van der Waals surface area contributed by atoms with Gasteiger partial charge in [0.1, 0.15) is 8.47 Å². The Bertz CT molecular complexity index is 1010. The fraction of sp³-hybridized carbons (Fsp3) is 0.562. The molecule has 0 unspecified atom stereocenters. The minimum Gasteiger partial charge on any atom is -0.454 e. The van der Waals surface area contributed by atoms with Crippen LogP contribution in [0.25, 0.3) is 0 Å². The van der Waals surface area contributed by atoms with Crippen LogP contribution in [-0.2, 0) is 43.7 Å². The molecule has 0 aromatic carbocycles. The summed E-state index contributed by atoms with van der Waals surface area (Å²) in [7, 11) is -8.06. The zero-order valence-electron chi connectivity index (χ0n) is 16.5. The van der Waals surface area contributed by atoms with Gasteiger partial charge in [-0.1, -0.05) is 18.7 Å². The maximum Gasteiger partial charge on any atom is 0.344 e. The number of sulfonamides is 1. The average molecular weight is 483 g/mol. The molecule has 30 heavy (non-hydrogen) atoms. The number of ether oxygens (including phenoxy) is 2. The van der Waals surface area contributed by atoms with E-state index in [-0.39, 0.29) is 14.9 Å². The third kappa shape index (κ3) is 5.62. The molecule has 2 heterocycles. The normalized spacial score (nSPS) is 22.7. The molecular weight excluding hydrogens is 460 g/mol. The number of amides is 1. The maximum absolute atomic E-state index is 12.6. The van der Waals surface area contributed by atoms with Gasteiger partial charge in [-0.25, -0.2) is 26.4 Å². The van der Waals surface area contributed by atoms with Gasteiger partial charge in [-0.3, -0.25) is 9.59 Å². The highest BCUT2D eigenvalue weighted by atomic mass is 32.3. The molecule has 0 spiro atoms. The van der Waals surface area contributed by atoms with Crippen molar-refractivity contribution in [2.45, 2.75) is 38.5 Å². The van der Waals surface area contributed by atoms with Crippen molar-refractivity contribution in [2.24, 2.45) is 0 Å². The van der Waals surface area contributed by atoms with Gasteiger partial charge in [0.05, 0.1) is 11.3 Å². The Kier molecular flexibility index (Phi) is 7.71. The molecule has 0 aromatic rings. The highest BCUT2D eigenvalue weighted by Gasteiger charge is 2.43. The quantitative estimate of drug-likeness (QED) is 0.430. The zero-order valence-corrected chi connectivity index (χ0v) is 18.9. The predicted octanol–water partition coefficient (Wildman–Crippen LogP) is -0.476. The summed E-state index contributed by atoms with van der Waals surface area (Å²) in [5, 5.41) is 2.36. The second kappa shape index (κ2) is 9.49. The highest BCUT2D eigenvalue weighted by molar-refractivity contribution is 8.28. The molecule has 2 rings (SSSR count). The molecule has 0 bridgehead atoms. The highest BCUT2D eigenvalue weighted by Crippen LogP contribution is 2.47. The van der Waals surface area contributed by atoms with Gasteiger partial charge in [0.2, 0.25) is 0 Å². The number of sulfone groups is 1. The van der Waals surface area contributed by atoms with Gasteiger partial charge < -0.3 is 14.8 Å². The lowest BCUT2D eigenvalue weighted by Gasteiger charge is -2.23. The number of hydrogen-bond acceptors (Lipinski definition) is 11. The SMILES string of the molecule is CCN[C@H]1C=C(S(=O)(=O)NC(=O)COC(=O)COC(C)=O)SC2=C1C[C@H](C)S2(=O)=O. The Morgan fingerprint density at radius 2 is 1.90 bits per heavy atom. The topological polar surface area (TPSA) is 162 Å². The van der Waals surface area contributed by atoms with Crippen LogP contribution in [0.15, 0.2) is 20.1 Å². The Morgan fingerprint density at radius 1 is 1.23 bits per heavy atom. The number of thioether (sulfide) groups is 1. The number of esters is 2. The van der Waals surface area contributed by atoms with E-state index in [4.69, 9.17) is 0 Å². The van der Waals surface area contributed by atoms with Crippen LogP contribution in [0.2, 0.25) is 0 Å². The van der Waals surface area contributed by atoms with E-state index in [9.17, 15) is 31.2 Å². The first-order valence-electron chi connectivity index (χ1n) is 8.83. The van der Waals surface area contributed by atoms with Crippen molar-refractivity contribution in [3.8, 4) is 0 Å². The number of nitrogens with one attached hydrogen (secondary N) is 2. The predicted molar refractivity (Wildman–Crippen MR) is 108 cm³/mol. The van der Waals surface area contributed by atoms with Gasteiger partial charge in [0.25, 0.3) is 15.9 Å². The van der Waals surface area contributed by atoms with Crippen LogP contribution in [-0.4, -0.2) is 65.7 Å². The lowest BCUT2D eigenvalue weighted by atomic mass is 10.0. The van der Waals surface area contributed by atoms with Gasteiger partial charge in [0, 0.05) is 6.92 Å². The number of likely N-dealkylation sites (N-methyl/N-ethyl adjacent to an activating group) is 1. The lowest BCUT2D eigenvalue weighted by Crippen LogP contribution is -2.37. The van der Waals surface area contributed by atoms with Crippen molar-refractivity contribution >= 4 is 49.5 Å². The standard InChI is InChI=1S/C16H22N2O9S3/c1-4-17-12-6-15(28-16-11(12)5-9(2)29(16,22)23)30(24,25)18-13(20)7-27-14(21)8-26-10(3)19/h6,9,12,17H,4-5,7-8H2,1-3H3,(H,18,20)/t9-,12-/m0/s1. The smallest absolute Gasteiger partial charge is 0.344 e. The fourth-order valence-corrected chi connectivity index (χ4v) is 7.77. The molecule has 2 aliphatic rings. The van der Waals surface area contributed by atoms with E-state index in [0.29, 0.717) is 23.9 Å². The summed E-state index contributed by atoms with van der Waals surface area (Å²) >= 11 is 0.572. The summed E-state index contributed by atoms with van der Waals surface area (Å²) in [6, 6.07) is -0.603. The van der Waals surface area contributed by atoms with Crippen LogP contribution in [0, 0.1) is 0 Å². The van der Waals surface area contributed by atoms with Crippen molar-refractivity contribution < 1.29 is 40.7 Å². The monoisotopic (exact) mass is 482 g/mol.